The van der Waals surface area contributed by atoms with Gasteiger partial charge in [-0.1, -0.05) is 23.2 Å². The van der Waals surface area contributed by atoms with Crippen LogP contribution in [0.25, 0.3) is 0 Å². The van der Waals surface area contributed by atoms with Gasteiger partial charge in [0.2, 0.25) is 0 Å². The van der Waals surface area contributed by atoms with Crippen LogP contribution in [0.2, 0.25) is 0 Å². The molecule has 6 nitrogen and oxygen atoms in total. The molecule has 2 aromatic rings. The molecule has 20 heavy (non-hydrogen) atoms. The molecule has 2 N–H and O–H groups in total. The van der Waals surface area contributed by atoms with E-state index in [1.165, 1.54) is 17.5 Å². The fourth-order valence-corrected chi connectivity index (χ4v) is 2.17. The number of thiazole rings is 1. The second-order valence-corrected chi connectivity index (χ2v) is 5.06. The van der Waals surface area contributed by atoms with E-state index in [9.17, 15) is 4.79 Å². The molecule has 0 aliphatic heterocycles. The molecule has 0 saturated carbocycles. The Morgan fingerprint density at radius 2 is 2.35 bits per heavy atom. The molecule has 0 radical (unpaired) electrons. The van der Waals surface area contributed by atoms with Crippen molar-refractivity contribution in [1.82, 2.24) is 14.8 Å². The van der Waals surface area contributed by atoms with E-state index >= 15 is 0 Å². The highest BCUT2D eigenvalue weighted by molar-refractivity contribution is 7.16. The standard InChI is InChI=1S/C13H14N4O2S/c1-9-11(8-15-17(9)2)12(19)16-13-14-7-10(20-13)5-3-4-6-18/h7-8,18H,4,6H2,1-2H3,(H,14,16,19). The average molecular weight is 290 g/mol. The lowest BCUT2D eigenvalue weighted by Crippen LogP contribution is -2.12. The molecule has 2 rings (SSSR count). The van der Waals surface area contributed by atoms with Gasteiger partial charge in [-0.05, 0) is 6.92 Å². The highest BCUT2D eigenvalue weighted by Gasteiger charge is 2.14. The second-order valence-electron chi connectivity index (χ2n) is 4.03. The summed E-state index contributed by atoms with van der Waals surface area (Å²) in [4.78, 5) is 16.9. The largest absolute Gasteiger partial charge is 0.395 e. The zero-order chi connectivity index (χ0) is 14.5. The van der Waals surface area contributed by atoms with Crippen molar-refractivity contribution in [2.75, 3.05) is 11.9 Å². The van der Waals surface area contributed by atoms with Crippen LogP contribution in [0.3, 0.4) is 0 Å². The number of anilines is 1. The molecule has 0 aromatic carbocycles. The Balaban J connectivity index is 2.06. The second kappa shape index (κ2) is 6.32. The number of hydrogen-bond acceptors (Lipinski definition) is 5. The summed E-state index contributed by atoms with van der Waals surface area (Å²) in [5, 5.41) is 15.9. The van der Waals surface area contributed by atoms with E-state index in [2.05, 4.69) is 27.2 Å². The van der Waals surface area contributed by atoms with Crippen molar-refractivity contribution >= 4 is 22.4 Å². The predicted molar refractivity (Wildman–Crippen MR) is 76.6 cm³/mol. The molecule has 2 heterocycles. The van der Waals surface area contributed by atoms with Gasteiger partial charge in [0.15, 0.2) is 5.13 Å². The lowest BCUT2D eigenvalue weighted by atomic mass is 10.2. The Morgan fingerprint density at radius 3 is 3.00 bits per heavy atom. The summed E-state index contributed by atoms with van der Waals surface area (Å²) >= 11 is 1.29. The summed E-state index contributed by atoms with van der Waals surface area (Å²) < 4.78 is 1.64. The number of nitrogens with zero attached hydrogens (tertiary/aromatic N) is 3. The molecule has 0 aliphatic carbocycles. The van der Waals surface area contributed by atoms with Crippen LogP contribution >= 0.6 is 11.3 Å². The number of aliphatic hydroxyl groups is 1. The van der Waals surface area contributed by atoms with E-state index in [0.717, 1.165) is 10.6 Å². The van der Waals surface area contributed by atoms with E-state index < -0.39 is 0 Å². The molecular weight excluding hydrogens is 276 g/mol. The molecule has 1 amide bonds. The number of aliphatic hydroxyl groups excluding tert-OH is 1. The van der Waals surface area contributed by atoms with Gasteiger partial charge in [0.1, 0.15) is 0 Å². The Kier molecular flexibility index (Phi) is 4.50. The SMILES string of the molecule is Cc1c(C(=O)Nc2ncc(C#CCCO)s2)cnn1C. The molecule has 0 unspecified atom stereocenters. The van der Waals surface area contributed by atoms with Crippen LogP contribution in [0.4, 0.5) is 5.13 Å². The Bertz CT molecular complexity index is 678. The number of carbonyl (C=O) groups excluding carboxylic acids is 1. The summed E-state index contributed by atoms with van der Waals surface area (Å²) in [6, 6.07) is 0. The van der Waals surface area contributed by atoms with Gasteiger partial charge in [0, 0.05) is 19.2 Å². The molecule has 0 saturated heterocycles. The van der Waals surface area contributed by atoms with Gasteiger partial charge in [-0.25, -0.2) is 4.98 Å². The van der Waals surface area contributed by atoms with Crippen molar-refractivity contribution in [2.45, 2.75) is 13.3 Å². The van der Waals surface area contributed by atoms with Gasteiger partial charge in [-0.15, -0.1) is 0 Å². The quantitative estimate of drug-likeness (QED) is 0.832. The average Bonchev–Trinajstić information content (AvgIpc) is 2.99. The monoisotopic (exact) mass is 290 g/mol. The van der Waals surface area contributed by atoms with E-state index in [0.29, 0.717) is 17.1 Å². The first-order chi connectivity index (χ1) is 9.61. The van der Waals surface area contributed by atoms with Crippen LogP contribution in [0.1, 0.15) is 27.3 Å². The van der Waals surface area contributed by atoms with Crippen molar-refractivity contribution in [3.8, 4) is 11.8 Å². The fraction of sp³-hybridized carbons (Fsp3) is 0.308. The van der Waals surface area contributed by atoms with E-state index in [1.807, 2.05) is 6.92 Å². The Hall–Kier alpha value is -2.17. The summed E-state index contributed by atoms with van der Waals surface area (Å²) in [7, 11) is 1.78. The third-order valence-corrected chi connectivity index (χ3v) is 3.48. The fourth-order valence-electron chi connectivity index (χ4n) is 1.48. The van der Waals surface area contributed by atoms with Gasteiger partial charge in [-0.3, -0.25) is 14.8 Å². The highest BCUT2D eigenvalue weighted by atomic mass is 32.1. The smallest absolute Gasteiger partial charge is 0.260 e. The molecule has 2 aromatic heterocycles. The summed E-state index contributed by atoms with van der Waals surface area (Å²) in [5.41, 5.74) is 1.32. The summed E-state index contributed by atoms with van der Waals surface area (Å²) in [6.07, 6.45) is 3.55. The van der Waals surface area contributed by atoms with Gasteiger partial charge in [-0.2, -0.15) is 5.10 Å². The van der Waals surface area contributed by atoms with Crippen molar-refractivity contribution in [1.29, 1.82) is 0 Å². The van der Waals surface area contributed by atoms with E-state index in [-0.39, 0.29) is 12.5 Å². The number of aromatic nitrogens is 3. The topological polar surface area (TPSA) is 80.0 Å². The van der Waals surface area contributed by atoms with Gasteiger partial charge < -0.3 is 5.11 Å². The van der Waals surface area contributed by atoms with Crippen LogP contribution in [-0.2, 0) is 7.05 Å². The van der Waals surface area contributed by atoms with Crippen LogP contribution < -0.4 is 5.32 Å². The van der Waals surface area contributed by atoms with Crippen LogP contribution in [-0.4, -0.2) is 32.4 Å². The maximum Gasteiger partial charge on any atom is 0.260 e. The molecular formula is C13H14N4O2S. The minimum Gasteiger partial charge on any atom is -0.395 e. The third kappa shape index (κ3) is 3.23. The molecule has 0 spiro atoms. The minimum atomic E-state index is -0.236. The lowest BCUT2D eigenvalue weighted by Gasteiger charge is -2.00. The number of nitrogens with one attached hydrogen (secondary N) is 1. The Labute approximate surface area is 120 Å². The molecule has 7 heteroatoms. The summed E-state index contributed by atoms with van der Waals surface area (Å²) in [5.74, 6) is 5.44. The van der Waals surface area contributed by atoms with Crippen LogP contribution in [0, 0.1) is 18.8 Å². The zero-order valence-corrected chi connectivity index (χ0v) is 12.0. The normalized spacial score (nSPS) is 9.95. The minimum absolute atomic E-state index is 0.0374. The van der Waals surface area contributed by atoms with Crippen LogP contribution in [0.5, 0.6) is 0 Å². The maximum absolute atomic E-state index is 12.1. The first kappa shape index (κ1) is 14.2. The van der Waals surface area contributed by atoms with Gasteiger partial charge >= 0.3 is 0 Å². The molecule has 0 bridgehead atoms. The van der Waals surface area contributed by atoms with Crippen molar-refractivity contribution < 1.29 is 9.90 Å². The molecule has 0 atom stereocenters. The van der Waals surface area contributed by atoms with Gasteiger partial charge in [0.25, 0.3) is 5.91 Å². The van der Waals surface area contributed by atoms with Crippen molar-refractivity contribution in [3.63, 3.8) is 0 Å². The first-order valence-electron chi connectivity index (χ1n) is 5.97. The number of hydrogen-bond donors (Lipinski definition) is 2. The van der Waals surface area contributed by atoms with E-state index in [4.69, 9.17) is 5.11 Å². The number of amides is 1. The van der Waals surface area contributed by atoms with Gasteiger partial charge in [0.05, 0.1) is 29.4 Å². The van der Waals surface area contributed by atoms with Crippen LogP contribution in [0.15, 0.2) is 12.4 Å². The predicted octanol–water partition coefficient (Wildman–Crippen LogP) is 1.17. The zero-order valence-electron chi connectivity index (χ0n) is 11.2. The van der Waals surface area contributed by atoms with Crippen molar-refractivity contribution in [3.05, 3.63) is 28.5 Å². The number of carbonyl (C=O) groups is 1. The first-order valence-corrected chi connectivity index (χ1v) is 6.79. The lowest BCUT2D eigenvalue weighted by molar-refractivity contribution is 0.102. The number of rotatable bonds is 3. The molecule has 0 aliphatic rings. The van der Waals surface area contributed by atoms with E-state index in [1.54, 1.807) is 17.9 Å². The highest BCUT2D eigenvalue weighted by Crippen LogP contribution is 2.18. The maximum atomic E-state index is 12.1. The Morgan fingerprint density at radius 1 is 1.55 bits per heavy atom. The molecule has 0 fully saturated rings. The molecule has 104 valence electrons. The third-order valence-electron chi connectivity index (χ3n) is 2.65. The van der Waals surface area contributed by atoms with Crippen molar-refractivity contribution in [2.24, 2.45) is 7.05 Å². The number of aryl methyl sites for hydroxylation is 1. The summed E-state index contributed by atoms with van der Waals surface area (Å²) in [6.45, 7) is 1.87.